The Labute approximate surface area is 171 Å². The molecule has 8 nitrogen and oxygen atoms in total. The molecular formula is C18H22F3N3O5S. The van der Waals surface area contributed by atoms with E-state index >= 15 is 0 Å². The number of aromatic nitrogens is 2. The standard InChI is InChI=1S/C16H21N3O3S.C2HF3O2/c1-12-6-4-5-7-15(12)23(20,21)19-9-8-13-10-17-18(2)16(13)14(19)11-22-3;3-2(4,5)1(6)7/h4-7,10,14H,8-9,11H2,1-3H3;(H,6,7). The fourth-order valence-electron chi connectivity index (χ4n) is 3.22. The molecule has 0 radical (unpaired) electrons. The number of benzene rings is 1. The van der Waals surface area contributed by atoms with E-state index in [1.165, 1.54) is 0 Å². The molecular weight excluding hydrogens is 427 g/mol. The third-order valence-corrected chi connectivity index (χ3v) is 6.64. The molecule has 1 atom stereocenters. The minimum Gasteiger partial charge on any atom is -0.475 e. The first kappa shape index (κ1) is 23.8. The molecule has 0 amide bonds. The molecule has 3 rings (SSSR count). The fraction of sp³-hybridized carbons (Fsp3) is 0.444. The number of halogens is 3. The van der Waals surface area contributed by atoms with Gasteiger partial charge in [-0.3, -0.25) is 4.68 Å². The number of aryl methyl sites for hydroxylation is 2. The zero-order valence-electron chi connectivity index (χ0n) is 16.5. The molecule has 1 aliphatic rings. The molecule has 30 heavy (non-hydrogen) atoms. The lowest BCUT2D eigenvalue weighted by atomic mass is 10.0. The zero-order valence-corrected chi connectivity index (χ0v) is 17.4. The largest absolute Gasteiger partial charge is 0.490 e. The summed E-state index contributed by atoms with van der Waals surface area (Å²) in [5.41, 5.74) is 2.75. The van der Waals surface area contributed by atoms with Gasteiger partial charge in [-0.05, 0) is 30.5 Å². The van der Waals surface area contributed by atoms with Crippen molar-refractivity contribution in [2.75, 3.05) is 20.3 Å². The second-order valence-corrected chi connectivity index (χ2v) is 8.44. The van der Waals surface area contributed by atoms with Gasteiger partial charge >= 0.3 is 12.1 Å². The maximum atomic E-state index is 13.2. The SMILES string of the molecule is COCC1c2c(cnn2C)CCN1S(=O)(=O)c1ccccc1C.O=C(O)C(F)(F)F. The molecule has 2 heterocycles. The van der Waals surface area contributed by atoms with Crippen molar-refractivity contribution in [3.05, 3.63) is 47.3 Å². The lowest BCUT2D eigenvalue weighted by molar-refractivity contribution is -0.192. The van der Waals surface area contributed by atoms with Crippen molar-refractivity contribution in [3.8, 4) is 0 Å². The Hall–Kier alpha value is -2.44. The average molecular weight is 449 g/mol. The van der Waals surface area contributed by atoms with E-state index in [2.05, 4.69) is 5.10 Å². The van der Waals surface area contributed by atoms with Crippen LogP contribution in [0.4, 0.5) is 13.2 Å². The number of rotatable bonds is 4. The van der Waals surface area contributed by atoms with Crippen LogP contribution in [0.5, 0.6) is 0 Å². The van der Waals surface area contributed by atoms with Gasteiger partial charge < -0.3 is 9.84 Å². The number of alkyl halides is 3. The Kier molecular flexibility index (Phi) is 7.27. The van der Waals surface area contributed by atoms with Gasteiger partial charge in [-0.1, -0.05) is 18.2 Å². The van der Waals surface area contributed by atoms with Crippen LogP contribution in [0.2, 0.25) is 0 Å². The van der Waals surface area contributed by atoms with Gasteiger partial charge in [-0.2, -0.15) is 22.6 Å². The number of carboxylic acid groups (broad SMARTS) is 1. The molecule has 0 bridgehead atoms. The van der Waals surface area contributed by atoms with E-state index in [0.29, 0.717) is 24.5 Å². The average Bonchev–Trinajstić information content (AvgIpc) is 3.03. The number of hydrogen-bond acceptors (Lipinski definition) is 5. The Morgan fingerprint density at radius 2 is 1.93 bits per heavy atom. The van der Waals surface area contributed by atoms with Crippen LogP contribution in [0.1, 0.15) is 22.9 Å². The minimum atomic E-state index is -5.08. The van der Waals surface area contributed by atoms with E-state index in [1.807, 2.05) is 32.3 Å². The number of carboxylic acids is 1. The summed E-state index contributed by atoms with van der Waals surface area (Å²) in [5, 5.41) is 11.4. The van der Waals surface area contributed by atoms with Crippen molar-refractivity contribution in [1.29, 1.82) is 0 Å². The number of methoxy groups -OCH3 is 1. The van der Waals surface area contributed by atoms with Crippen LogP contribution < -0.4 is 0 Å². The summed E-state index contributed by atoms with van der Waals surface area (Å²) in [4.78, 5) is 9.25. The Balaban J connectivity index is 0.000000396. The number of ether oxygens (including phenoxy) is 1. The molecule has 166 valence electrons. The molecule has 1 N–H and O–H groups in total. The van der Waals surface area contributed by atoms with E-state index in [-0.39, 0.29) is 6.04 Å². The summed E-state index contributed by atoms with van der Waals surface area (Å²) in [6.45, 7) is 2.55. The summed E-state index contributed by atoms with van der Waals surface area (Å²) in [5.74, 6) is -2.76. The van der Waals surface area contributed by atoms with Crippen LogP contribution >= 0.6 is 0 Å². The third kappa shape index (κ3) is 4.99. The van der Waals surface area contributed by atoms with Crippen molar-refractivity contribution in [2.45, 2.75) is 30.5 Å². The molecule has 2 aromatic rings. The van der Waals surface area contributed by atoms with Crippen LogP contribution in [0, 0.1) is 6.92 Å². The van der Waals surface area contributed by atoms with E-state index < -0.39 is 22.2 Å². The molecule has 1 aromatic heterocycles. The van der Waals surface area contributed by atoms with Gasteiger partial charge in [0.2, 0.25) is 10.0 Å². The molecule has 0 fully saturated rings. The minimum absolute atomic E-state index is 0.303. The summed E-state index contributed by atoms with van der Waals surface area (Å²) >= 11 is 0. The first-order valence-electron chi connectivity index (χ1n) is 8.78. The molecule has 1 aromatic carbocycles. The molecule has 1 aliphatic heterocycles. The highest BCUT2D eigenvalue weighted by atomic mass is 32.2. The molecule has 0 saturated carbocycles. The Morgan fingerprint density at radius 3 is 2.47 bits per heavy atom. The first-order chi connectivity index (χ1) is 13.9. The first-order valence-corrected chi connectivity index (χ1v) is 10.2. The van der Waals surface area contributed by atoms with Crippen molar-refractivity contribution in [1.82, 2.24) is 14.1 Å². The Morgan fingerprint density at radius 1 is 1.33 bits per heavy atom. The number of carbonyl (C=O) groups is 1. The number of hydrogen-bond donors (Lipinski definition) is 1. The van der Waals surface area contributed by atoms with Crippen LogP contribution in [0.25, 0.3) is 0 Å². The van der Waals surface area contributed by atoms with E-state index in [9.17, 15) is 21.6 Å². The predicted molar refractivity (Wildman–Crippen MR) is 100 cm³/mol. The number of fused-ring (bicyclic) bond motifs is 1. The van der Waals surface area contributed by atoms with Crippen LogP contribution in [0.15, 0.2) is 35.4 Å². The zero-order chi connectivity index (χ0) is 22.7. The maximum absolute atomic E-state index is 13.2. The molecule has 0 saturated heterocycles. The van der Waals surface area contributed by atoms with E-state index in [0.717, 1.165) is 16.8 Å². The van der Waals surface area contributed by atoms with Crippen molar-refractivity contribution >= 4 is 16.0 Å². The van der Waals surface area contributed by atoms with Gasteiger partial charge in [0.05, 0.1) is 29.4 Å². The van der Waals surface area contributed by atoms with E-state index in [4.69, 9.17) is 14.6 Å². The topological polar surface area (TPSA) is 102 Å². The smallest absolute Gasteiger partial charge is 0.475 e. The predicted octanol–water partition coefficient (Wildman–Crippen LogP) is 2.30. The highest BCUT2D eigenvalue weighted by Crippen LogP contribution is 2.34. The van der Waals surface area contributed by atoms with Gasteiger partial charge in [0.15, 0.2) is 0 Å². The number of nitrogens with zero attached hydrogens (tertiary/aromatic N) is 3. The van der Waals surface area contributed by atoms with Gasteiger partial charge in [0, 0.05) is 20.7 Å². The third-order valence-electron chi connectivity index (χ3n) is 4.58. The number of aliphatic carboxylic acids is 1. The van der Waals surface area contributed by atoms with Gasteiger partial charge in [0.1, 0.15) is 0 Å². The molecule has 0 aliphatic carbocycles. The van der Waals surface area contributed by atoms with Crippen molar-refractivity contribution in [3.63, 3.8) is 0 Å². The van der Waals surface area contributed by atoms with Gasteiger partial charge in [0.25, 0.3) is 0 Å². The molecule has 1 unspecified atom stereocenters. The second kappa shape index (κ2) is 9.14. The quantitative estimate of drug-likeness (QED) is 0.769. The van der Waals surface area contributed by atoms with Crippen LogP contribution in [0.3, 0.4) is 0 Å². The van der Waals surface area contributed by atoms with Crippen molar-refractivity contribution < 1.29 is 36.2 Å². The lowest BCUT2D eigenvalue weighted by Crippen LogP contribution is -2.42. The highest BCUT2D eigenvalue weighted by Gasteiger charge is 2.39. The van der Waals surface area contributed by atoms with E-state index in [1.54, 1.807) is 28.2 Å². The van der Waals surface area contributed by atoms with Gasteiger partial charge in [-0.25, -0.2) is 13.2 Å². The van der Waals surface area contributed by atoms with Crippen LogP contribution in [-0.4, -0.2) is 60.0 Å². The maximum Gasteiger partial charge on any atom is 0.490 e. The summed E-state index contributed by atoms with van der Waals surface area (Å²) in [6.07, 6.45) is -2.61. The summed E-state index contributed by atoms with van der Waals surface area (Å²) in [6, 6.07) is 6.72. The van der Waals surface area contributed by atoms with Gasteiger partial charge in [-0.15, -0.1) is 0 Å². The highest BCUT2D eigenvalue weighted by molar-refractivity contribution is 7.89. The Bertz CT molecular complexity index is 1000. The molecule has 12 heteroatoms. The van der Waals surface area contributed by atoms with Crippen molar-refractivity contribution in [2.24, 2.45) is 7.05 Å². The normalized spacial score (nSPS) is 17.1. The summed E-state index contributed by atoms with van der Waals surface area (Å²) in [7, 11) is -0.164. The second-order valence-electron chi connectivity index (χ2n) is 6.58. The lowest BCUT2D eigenvalue weighted by Gasteiger charge is -2.35. The summed E-state index contributed by atoms with van der Waals surface area (Å²) < 4.78 is 66.7. The fourth-order valence-corrected chi connectivity index (χ4v) is 5.02. The number of sulfonamides is 1. The monoisotopic (exact) mass is 449 g/mol. The van der Waals surface area contributed by atoms with Crippen LogP contribution in [-0.2, 0) is 33.0 Å². The molecule has 0 spiro atoms.